The zero-order valence-corrected chi connectivity index (χ0v) is 9.50. The molecule has 0 aliphatic heterocycles. The van der Waals surface area contributed by atoms with Crippen molar-refractivity contribution in [2.75, 3.05) is 5.32 Å². The van der Waals surface area contributed by atoms with E-state index in [4.69, 9.17) is 0 Å². The Balaban J connectivity index is 1.90. The summed E-state index contributed by atoms with van der Waals surface area (Å²) in [6, 6.07) is 6.60. The molecule has 2 heterocycles. The fraction of sp³-hybridized carbons (Fsp3) is 0.250. The highest BCUT2D eigenvalue weighted by Gasteiger charge is 2.03. The number of hydrogen-bond donors (Lipinski definition) is 1. The molecule has 0 radical (unpaired) electrons. The van der Waals surface area contributed by atoms with Crippen LogP contribution in [-0.2, 0) is 6.42 Å². The summed E-state index contributed by atoms with van der Waals surface area (Å²) in [7, 11) is 0. The molecule has 2 aromatic rings. The van der Waals surface area contributed by atoms with Crippen molar-refractivity contribution < 1.29 is 0 Å². The van der Waals surface area contributed by atoms with Gasteiger partial charge in [0.05, 0.1) is 0 Å². The van der Waals surface area contributed by atoms with Crippen LogP contribution in [0.25, 0.3) is 0 Å². The molecule has 1 N–H and O–H groups in total. The number of thiophene rings is 1. The minimum atomic E-state index is 0.446. The van der Waals surface area contributed by atoms with Crippen molar-refractivity contribution in [2.45, 2.75) is 19.4 Å². The standard InChI is InChI=1S/C12H14N2S/c1-10(8-11-4-7-15-9-11)14-12-2-5-13-6-3-12/h2-7,9-10H,8H2,1H3,(H,13,14). The zero-order chi connectivity index (χ0) is 10.5. The first-order valence-corrected chi connectivity index (χ1v) is 5.96. The lowest BCUT2D eigenvalue weighted by Crippen LogP contribution is -2.17. The first-order chi connectivity index (χ1) is 7.34. The van der Waals surface area contributed by atoms with Crippen molar-refractivity contribution in [3.8, 4) is 0 Å². The van der Waals surface area contributed by atoms with Crippen molar-refractivity contribution in [1.82, 2.24) is 4.98 Å². The number of anilines is 1. The van der Waals surface area contributed by atoms with Crippen LogP contribution in [0.4, 0.5) is 5.69 Å². The van der Waals surface area contributed by atoms with Crippen LogP contribution in [0.3, 0.4) is 0 Å². The number of rotatable bonds is 4. The topological polar surface area (TPSA) is 24.9 Å². The maximum absolute atomic E-state index is 3.99. The summed E-state index contributed by atoms with van der Waals surface area (Å²) in [4.78, 5) is 3.99. The molecule has 1 atom stereocenters. The number of nitrogens with zero attached hydrogens (tertiary/aromatic N) is 1. The first kappa shape index (κ1) is 10.2. The zero-order valence-electron chi connectivity index (χ0n) is 8.68. The lowest BCUT2D eigenvalue weighted by molar-refractivity contribution is 0.792. The summed E-state index contributed by atoms with van der Waals surface area (Å²) in [5, 5.41) is 7.76. The van der Waals surface area contributed by atoms with E-state index in [0.29, 0.717) is 6.04 Å². The maximum Gasteiger partial charge on any atom is 0.0373 e. The Hall–Kier alpha value is -1.35. The minimum Gasteiger partial charge on any atom is -0.382 e. The second-order valence-corrected chi connectivity index (χ2v) is 4.40. The van der Waals surface area contributed by atoms with E-state index in [0.717, 1.165) is 12.1 Å². The second kappa shape index (κ2) is 4.94. The van der Waals surface area contributed by atoms with Gasteiger partial charge in [-0.25, -0.2) is 0 Å². The molecule has 0 aromatic carbocycles. The minimum absolute atomic E-state index is 0.446. The lowest BCUT2D eigenvalue weighted by Gasteiger charge is -2.14. The molecule has 0 amide bonds. The van der Waals surface area contributed by atoms with Crippen molar-refractivity contribution in [1.29, 1.82) is 0 Å². The van der Waals surface area contributed by atoms with E-state index < -0.39 is 0 Å². The molecule has 78 valence electrons. The summed E-state index contributed by atoms with van der Waals surface area (Å²) in [6.07, 6.45) is 4.67. The molecule has 0 aliphatic rings. The number of pyridine rings is 1. The quantitative estimate of drug-likeness (QED) is 0.852. The molecule has 2 aromatic heterocycles. The largest absolute Gasteiger partial charge is 0.382 e. The highest BCUT2D eigenvalue weighted by Crippen LogP contribution is 2.12. The SMILES string of the molecule is CC(Cc1ccsc1)Nc1ccncc1. The van der Waals surface area contributed by atoms with Crippen LogP contribution in [0.5, 0.6) is 0 Å². The Bertz CT molecular complexity index is 383. The first-order valence-electron chi connectivity index (χ1n) is 5.02. The van der Waals surface area contributed by atoms with E-state index in [2.05, 4.69) is 34.1 Å². The normalized spacial score (nSPS) is 12.3. The Morgan fingerprint density at radius 2 is 2.13 bits per heavy atom. The second-order valence-electron chi connectivity index (χ2n) is 3.62. The van der Waals surface area contributed by atoms with Gasteiger partial charge < -0.3 is 5.32 Å². The van der Waals surface area contributed by atoms with Gasteiger partial charge in [0.1, 0.15) is 0 Å². The maximum atomic E-state index is 3.99. The molecule has 0 saturated heterocycles. The molecule has 0 spiro atoms. The van der Waals surface area contributed by atoms with Crippen molar-refractivity contribution in [3.05, 3.63) is 46.9 Å². The van der Waals surface area contributed by atoms with Crippen LogP contribution >= 0.6 is 11.3 Å². The van der Waals surface area contributed by atoms with Gasteiger partial charge >= 0.3 is 0 Å². The third-order valence-corrected chi connectivity index (χ3v) is 2.95. The van der Waals surface area contributed by atoms with Gasteiger partial charge in [-0.1, -0.05) is 0 Å². The van der Waals surface area contributed by atoms with Gasteiger partial charge in [-0.2, -0.15) is 11.3 Å². The molecule has 15 heavy (non-hydrogen) atoms. The average Bonchev–Trinajstić information content (AvgIpc) is 2.71. The van der Waals surface area contributed by atoms with Crippen LogP contribution in [0, 0.1) is 0 Å². The van der Waals surface area contributed by atoms with Gasteiger partial charge in [0.2, 0.25) is 0 Å². The van der Waals surface area contributed by atoms with Gasteiger partial charge in [0.25, 0.3) is 0 Å². The van der Waals surface area contributed by atoms with E-state index >= 15 is 0 Å². The van der Waals surface area contributed by atoms with Crippen LogP contribution < -0.4 is 5.32 Å². The van der Waals surface area contributed by atoms with Gasteiger partial charge in [-0.05, 0) is 47.9 Å². The van der Waals surface area contributed by atoms with Crippen LogP contribution in [0.2, 0.25) is 0 Å². The van der Waals surface area contributed by atoms with Crippen LogP contribution in [0.1, 0.15) is 12.5 Å². The van der Waals surface area contributed by atoms with Gasteiger partial charge in [-0.15, -0.1) is 0 Å². The highest BCUT2D eigenvalue weighted by molar-refractivity contribution is 7.07. The van der Waals surface area contributed by atoms with Gasteiger partial charge in [0, 0.05) is 24.1 Å². The van der Waals surface area contributed by atoms with E-state index in [1.165, 1.54) is 5.56 Å². The van der Waals surface area contributed by atoms with Crippen LogP contribution in [0.15, 0.2) is 41.4 Å². The molecular formula is C12H14N2S. The van der Waals surface area contributed by atoms with E-state index in [1.54, 1.807) is 23.7 Å². The third kappa shape index (κ3) is 3.06. The Morgan fingerprint density at radius 3 is 2.80 bits per heavy atom. The van der Waals surface area contributed by atoms with Crippen LogP contribution in [-0.4, -0.2) is 11.0 Å². The Labute approximate surface area is 94.0 Å². The molecule has 0 fully saturated rings. The number of nitrogens with one attached hydrogen (secondary N) is 1. The molecule has 1 unspecified atom stereocenters. The van der Waals surface area contributed by atoms with Gasteiger partial charge in [-0.3, -0.25) is 4.98 Å². The summed E-state index contributed by atoms with van der Waals surface area (Å²) in [5.74, 6) is 0. The average molecular weight is 218 g/mol. The molecule has 0 bridgehead atoms. The van der Waals surface area contributed by atoms with E-state index in [9.17, 15) is 0 Å². The van der Waals surface area contributed by atoms with Gasteiger partial charge in [0.15, 0.2) is 0 Å². The van der Waals surface area contributed by atoms with E-state index in [1.807, 2.05) is 12.1 Å². The lowest BCUT2D eigenvalue weighted by atomic mass is 10.1. The van der Waals surface area contributed by atoms with Crippen molar-refractivity contribution >= 4 is 17.0 Å². The molecule has 3 heteroatoms. The molecule has 0 saturated carbocycles. The summed E-state index contributed by atoms with van der Waals surface area (Å²) in [6.45, 7) is 2.19. The van der Waals surface area contributed by atoms with E-state index in [-0.39, 0.29) is 0 Å². The Kier molecular flexibility index (Phi) is 3.35. The van der Waals surface area contributed by atoms with Crippen molar-refractivity contribution in [2.24, 2.45) is 0 Å². The third-order valence-electron chi connectivity index (χ3n) is 2.22. The summed E-state index contributed by atoms with van der Waals surface area (Å²) >= 11 is 1.75. The molecule has 2 nitrogen and oxygen atoms in total. The monoisotopic (exact) mass is 218 g/mol. The molecular weight excluding hydrogens is 204 g/mol. The Morgan fingerprint density at radius 1 is 1.33 bits per heavy atom. The summed E-state index contributed by atoms with van der Waals surface area (Å²) in [5.41, 5.74) is 2.53. The number of hydrogen-bond acceptors (Lipinski definition) is 3. The molecule has 2 rings (SSSR count). The summed E-state index contributed by atoms with van der Waals surface area (Å²) < 4.78 is 0. The highest BCUT2D eigenvalue weighted by atomic mass is 32.1. The number of aromatic nitrogens is 1. The predicted octanol–water partition coefficient (Wildman–Crippen LogP) is 3.19. The predicted molar refractivity (Wildman–Crippen MR) is 65.3 cm³/mol. The smallest absolute Gasteiger partial charge is 0.0373 e. The fourth-order valence-electron chi connectivity index (χ4n) is 1.55. The fourth-order valence-corrected chi connectivity index (χ4v) is 2.23. The molecule has 0 aliphatic carbocycles. The van der Waals surface area contributed by atoms with Crippen molar-refractivity contribution in [3.63, 3.8) is 0 Å².